The maximum atomic E-state index is 13.7. The molecule has 0 bridgehead atoms. The van der Waals surface area contributed by atoms with Crippen molar-refractivity contribution in [3.8, 4) is 5.75 Å². The van der Waals surface area contributed by atoms with E-state index in [2.05, 4.69) is 16.0 Å². The minimum absolute atomic E-state index is 0.0701. The zero-order chi connectivity index (χ0) is 33.0. The maximum absolute atomic E-state index is 13.7. The summed E-state index contributed by atoms with van der Waals surface area (Å²) in [6, 6.07) is 40.5. The predicted octanol–water partition coefficient (Wildman–Crippen LogP) is 8.28. The SMILES string of the molecule is CCOc1ccc(/C=C(/NC(=O)c2ccccc2)C(=O)Nc2cccc(SC(C(=O)Nc3ccc(C)cc3)c3ccccc3)c2)cc1. The van der Waals surface area contributed by atoms with Crippen molar-refractivity contribution < 1.29 is 19.1 Å². The van der Waals surface area contributed by atoms with Crippen LogP contribution >= 0.6 is 11.8 Å². The Morgan fingerprint density at radius 2 is 1.43 bits per heavy atom. The summed E-state index contributed by atoms with van der Waals surface area (Å²) in [5.41, 5.74) is 4.38. The zero-order valence-corrected chi connectivity index (χ0v) is 26.9. The predicted molar refractivity (Wildman–Crippen MR) is 189 cm³/mol. The van der Waals surface area contributed by atoms with Crippen LogP contribution in [0.1, 0.15) is 39.2 Å². The molecule has 0 saturated heterocycles. The number of hydrogen-bond donors (Lipinski definition) is 3. The van der Waals surface area contributed by atoms with Gasteiger partial charge in [-0.1, -0.05) is 84.4 Å². The highest BCUT2D eigenvalue weighted by Crippen LogP contribution is 2.37. The van der Waals surface area contributed by atoms with Crippen molar-refractivity contribution in [1.82, 2.24) is 5.32 Å². The lowest BCUT2D eigenvalue weighted by Crippen LogP contribution is -2.30. The van der Waals surface area contributed by atoms with E-state index in [1.165, 1.54) is 11.8 Å². The average Bonchev–Trinajstić information content (AvgIpc) is 3.09. The van der Waals surface area contributed by atoms with Gasteiger partial charge in [-0.2, -0.15) is 0 Å². The second kappa shape index (κ2) is 16.1. The van der Waals surface area contributed by atoms with Crippen LogP contribution in [-0.2, 0) is 9.59 Å². The molecular weight excluding hydrogens is 607 g/mol. The number of rotatable bonds is 12. The highest BCUT2D eigenvalue weighted by atomic mass is 32.2. The molecule has 5 aromatic carbocycles. The van der Waals surface area contributed by atoms with Gasteiger partial charge in [0.15, 0.2) is 0 Å². The van der Waals surface area contributed by atoms with Crippen molar-refractivity contribution >= 4 is 46.9 Å². The third-order valence-electron chi connectivity index (χ3n) is 7.04. The molecule has 3 amide bonds. The summed E-state index contributed by atoms with van der Waals surface area (Å²) < 4.78 is 5.53. The first-order chi connectivity index (χ1) is 22.9. The molecule has 0 aliphatic carbocycles. The summed E-state index contributed by atoms with van der Waals surface area (Å²) in [5.74, 6) is -0.363. The topological polar surface area (TPSA) is 96.5 Å². The van der Waals surface area contributed by atoms with E-state index in [-0.39, 0.29) is 11.6 Å². The van der Waals surface area contributed by atoms with Gasteiger partial charge in [0.2, 0.25) is 5.91 Å². The largest absolute Gasteiger partial charge is 0.494 e. The van der Waals surface area contributed by atoms with Gasteiger partial charge < -0.3 is 20.7 Å². The van der Waals surface area contributed by atoms with Gasteiger partial charge in [0, 0.05) is 21.8 Å². The van der Waals surface area contributed by atoms with Crippen molar-refractivity contribution in [1.29, 1.82) is 0 Å². The smallest absolute Gasteiger partial charge is 0.272 e. The Kier molecular flexibility index (Phi) is 11.2. The van der Waals surface area contributed by atoms with Crippen molar-refractivity contribution in [2.75, 3.05) is 17.2 Å². The summed E-state index contributed by atoms with van der Waals surface area (Å²) in [6.07, 6.45) is 1.62. The Hall–Kier alpha value is -5.60. The summed E-state index contributed by atoms with van der Waals surface area (Å²) in [7, 11) is 0. The van der Waals surface area contributed by atoms with Gasteiger partial charge in [-0.3, -0.25) is 14.4 Å². The number of thioether (sulfide) groups is 1. The summed E-state index contributed by atoms with van der Waals surface area (Å²) in [5, 5.41) is 8.17. The van der Waals surface area contributed by atoms with Crippen LogP contribution in [-0.4, -0.2) is 24.3 Å². The third-order valence-corrected chi connectivity index (χ3v) is 8.28. The van der Waals surface area contributed by atoms with Crippen LogP contribution < -0.4 is 20.7 Å². The Labute approximate surface area is 279 Å². The van der Waals surface area contributed by atoms with E-state index in [0.717, 1.165) is 16.0 Å². The van der Waals surface area contributed by atoms with Gasteiger partial charge in [-0.15, -0.1) is 11.8 Å². The number of anilines is 2. The third kappa shape index (κ3) is 9.45. The quantitative estimate of drug-likeness (QED) is 0.0941. The first kappa shape index (κ1) is 32.8. The number of aryl methyl sites for hydroxylation is 1. The molecule has 0 aliphatic heterocycles. The minimum atomic E-state index is -0.552. The van der Waals surface area contributed by atoms with E-state index in [0.29, 0.717) is 34.9 Å². The summed E-state index contributed by atoms with van der Waals surface area (Å²) in [6.45, 7) is 4.44. The lowest BCUT2D eigenvalue weighted by Gasteiger charge is -2.18. The molecule has 7 nitrogen and oxygen atoms in total. The molecule has 47 heavy (non-hydrogen) atoms. The molecular formula is C39H35N3O4S. The highest BCUT2D eigenvalue weighted by Gasteiger charge is 2.23. The maximum Gasteiger partial charge on any atom is 0.272 e. The zero-order valence-electron chi connectivity index (χ0n) is 26.1. The number of carbonyl (C=O) groups excluding carboxylic acids is 3. The number of benzene rings is 5. The lowest BCUT2D eigenvalue weighted by molar-refractivity contribution is -0.116. The van der Waals surface area contributed by atoms with Crippen LogP contribution in [0.4, 0.5) is 11.4 Å². The van der Waals surface area contributed by atoms with Gasteiger partial charge in [0.25, 0.3) is 11.8 Å². The van der Waals surface area contributed by atoms with Gasteiger partial charge in [-0.25, -0.2) is 0 Å². The normalized spacial score (nSPS) is 11.7. The highest BCUT2D eigenvalue weighted by molar-refractivity contribution is 8.00. The minimum Gasteiger partial charge on any atom is -0.494 e. The van der Waals surface area contributed by atoms with E-state index < -0.39 is 17.1 Å². The van der Waals surface area contributed by atoms with Gasteiger partial charge in [0.05, 0.1) is 6.61 Å². The fourth-order valence-corrected chi connectivity index (χ4v) is 5.75. The van der Waals surface area contributed by atoms with Crippen LogP contribution in [0.15, 0.2) is 144 Å². The van der Waals surface area contributed by atoms with Crippen molar-refractivity contribution in [3.63, 3.8) is 0 Å². The van der Waals surface area contributed by atoms with Crippen LogP contribution in [0.2, 0.25) is 0 Å². The summed E-state index contributed by atoms with van der Waals surface area (Å²) >= 11 is 1.38. The van der Waals surface area contributed by atoms with Gasteiger partial charge >= 0.3 is 0 Å². The Morgan fingerprint density at radius 3 is 2.11 bits per heavy atom. The van der Waals surface area contributed by atoms with Crippen molar-refractivity contribution in [3.05, 3.63) is 161 Å². The number of hydrogen-bond acceptors (Lipinski definition) is 5. The van der Waals surface area contributed by atoms with Crippen molar-refractivity contribution in [2.45, 2.75) is 24.0 Å². The number of amides is 3. The van der Waals surface area contributed by atoms with Gasteiger partial charge in [-0.05, 0) is 85.6 Å². The first-order valence-electron chi connectivity index (χ1n) is 15.2. The summed E-state index contributed by atoms with van der Waals surface area (Å²) in [4.78, 5) is 41.1. The van der Waals surface area contributed by atoms with Crippen molar-refractivity contribution in [2.24, 2.45) is 0 Å². The Bertz CT molecular complexity index is 1840. The fourth-order valence-electron chi connectivity index (χ4n) is 4.66. The molecule has 8 heteroatoms. The Morgan fingerprint density at radius 1 is 0.745 bits per heavy atom. The molecule has 0 spiro atoms. The van der Waals surface area contributed by atoms with Gasteiger partial charge in [0.1, 0.15) is 16.7 Å². The molecule has 0 aromatic heterocycles. The van der Waals surface area contributed by atoms with E-state index >= 15 is 0 Å². The number of carbonyl (C=O) groups is 3. The first-order valence-corrected chi connectivity index (χ1v) is 16.1. The molecule has 5 rings (SSSR count). The van der Waals surface area contributed by atoms with Crippen LogP contribution in [0.5, 0.6) is 5.75 Å². The standard InChI is InChI=1S/C39H35N3O4S/c1-3-46-33-23-19-28(20-24-33)25-35(42-37(43)30-13-8-5-9-14-30)38(44)41-32-15-10-16-34(26-32)47-36(29-11-6-4-7-12-29)39(45)40-31-21-17-27(2)18-22-31/h4-26,36H,3H2,1-2H3,(H,40,45)(H,41,44)(H,42,43)/b35-25+. The van der Waals surface area contributed by atoms with Crippen LogP contribution in [0.3, 0.4) is 0 Å². The number of nitrogens with one attached hydrogen (secondary N) is 3. The van der Waals surface area contributed by atoms with Crippen LogP contribution in [0.25, 0.3) is 6.08 Å². The molecule has 0 saturated carbocycles. The second-order valence-electron chi connectivity index (χ2n) is 10.6. The number of ether oxygens (including phenoxy) is 1. The monoisotopic (exact) mass is 641 g/mol. The Balaban J connectivity index is 1.37. The molecule has 5 aromatic rings. The molecule has 0 heterocycles. The fraction of sp³-hybridized carbons (Fsp3) is 0.103. The second-order valence-corrected chi connectivity index (χ2v) is 11.8. The molecule has 0 aliphatic rings. The van der Waals surface area contributed by atoms with E-state index in [9.17, 15) is 14.4 Å². The van der Waals surface area contributed by atoms with E-state index in [1.807, 2.05) is 117 Å². The molecule has 0 radical (unpaired) electrons. The molecule has 0 fully saturated rings. The molecule has 1 atom stereocenters. The van der Waals surface area contributed by atoms with Crippen LogP contribution in [0, 0.1) is 6.92 Å². The molecule has 3 N–H and O–H groups in total. The lowest BCUT2D eigenvalue weighted by atomic mass is 10.1. The van der Waals surface area contributed by atoms with E-state index in [1.54, 1.807) is 36.4 Å². The molecule has 1 unspecified atom stereocenters. The van der Waals surface area contributed by atoms with E-state index in [4.69, 9.17) is 4.74 Å². The average molecular weight is 642 g/mol. The molecule has 236 valence electrons.